The maximum atomic E-state index is 13.3. The Balaban J connectivity index is 1.79. The van der Waals surface area contributed by atoms with Crippen molar-refractivity contribution in [3.63, 3.8) is 0 Å². The van der Waals surface area contributed by atoms with Gasteiger partial charge in [0.2, 0.25) is 0 Å². The molecule has 3 atom stereocenters. The van der Waals surface area contributed by atoms with Crippen molar-refractivity contribution >= 4 is 17.5 Å². The number of hydrogen-bond acceptors (Lipinski definition) is 5. The SMILES string of the molecule is COC(=O)C1C(C)=NC2=C(C(=O)C[C@@H](c3ccc(F)cc3)C2)[C@@H]1c1ccc(O)cc1. The molecule has 1 unspecified atom stereocenters. The van der Waals surface area contributed by atoms with Gasteiger partial charge in [-0.2, -0.15) is 0 Å². The summed E-state index contributed by atoms with van der Waals surface area (Å²) >= 11 is 0. The number of ketones is 1. The second kappa shape index (κ2) is 7.86. The topological polar surface area (TPSA) is 76.0 Å². The third-order valence-corrected chi connectivity index (χ3v) is 5.94. The second-order valence-corrected chi connectivity index (χ2v) is 7.76. The van der Waals surface area contributed by atoms with Gasteiger partial charge in [-0.25, -0.2) is 4.39 Å². The fourth-order valence-corrected chi connectivity index (χ4v) is 4.50. The molecule has 0 bridgehead atoms. The standard InChI is InChI=1S/C24H22FNO4/c1-13-21(24(29)30-2)22(15-5-9-18(27)10-6-15)23-19(26-13)11-16(12-20(23)28)14-3-7-17(25)8-4-14/h3-10,16,21-22,27H,11-12H2,1-2H3/t16-,21?,22+/m0/s1. The molecule has 5 nitrogen and oxygen atoms in total. The molecule has 1 aliphatic heterocycles. The lowest BCUT2D eigenvalue weighted by molar-refractivity contribution is -0.143. The summed E-state index contributed by atoms with van der Waals surface area (Å²) in [4.78, 5) is 30.5. The van der Waals surface area contributed by atoms with E-state index in [1.165, 1.54) is 19.2 Å². The Labute approximate surface area is 173 Å². The molecule has 154 valence electrons. The van der Waals surface area contributed by atoms with Crippen molar-refractivity contribution in [3.8, 4) is 5.75 Å². The average Bonchev–Trinajstić information content (AvgIpc) is 2.73. The van der Waals surface area contributed by atoms with Crippen LogP contribution in [-0.4, -0.2) is 29.7 Å². The van der Waals surface area contributed by atoms with Crippen LogP contribution in [0.4, 0.5) is 4.39 Å². The van der Waals surface area contributed by atoms with E-state index in [9.17, 15) is 19.1 Å². The Bertz CT molecular complexity index is 1050. The van der Waals surface area contributed by atoms with Crippen molar-refractivity contribution < 1.29 is 23.8 Å². The molecular formula is C24H22FNO4. The Kier molecular flexibility index (Phi) is 5.24. The van der Waals surface area contributed by atoms with E-state index in [1.807, 2.05) is 0 Å². The predicted molar refractivity (Wildman–Crippen MR) is 110 cm³/mol. The summed E-state index contributed by atoms with van der Waals surface area (Å²) < 4.78 is 18.3. The fourth-order valence-electron chi connectivity index (χ4n) is 4.50. The number of carbonyl (C=O) groups is 2. The largest absolute Gasteiger partial charge is 0.508 e. The molecule has 0 spiro atoms. The zero-order valence-corrected chi connectivity index (χ0v) is 16.8. The molecular weight excluding hydrogens is 385 g/mol. The van der Waals surface area contributed by atoms with Gasteiger partial charge in [-0.3, -0.25) is 14.6 Å². The van der Waals surface area contributed by atoms with E-state index < -0.39 is 17.8 Å². The van der Waals surface area contributed by atoms with Crippen molar-refractivity contribution in [2.24, 2.45) is 10.9 Å². The molecule has 6 heteroatoms. The molecule has 0 aromatic heterocycles. The molecule has 2 aliphatic rings. The van der Waals surface area contributed by atoms with Gasteiger partial charge in [-0.05, 0) is 54.7 Å². The second-order valence-electron chi connectivity index (χ2n) is 7.76. The zero-order valence-electron chi connectivity index (χ0n) is 16.8. The summed E-state index contributed by atoms with van der Waals surface area (Å²) in [7, 11) is 1.32. The number of halogens is 1. The highest BCUT2D eigenvalue weighted by Gasteiger charge is 2.44. The van der Waals surface area contributed by atoms with E-state index in [-0.39, 0.29) is 29.7 Å². The molecule has 30 heavy (non-hydrogen) atoms. The van der Waals surface area contributed by atoms with Crippen molar-refractivity contribution in [2.75, 3.05) is 7.11 Å². The maximum Gasteiger partial charge on any atom is 0.315 e. The molecule has 1 heterocycles. The van der Waals surface area contributed by atoms with Crippen LogP contribution in [0.2, 0.25) is 0 Å². The third kappa shape index (κ3) is 3.54. The summed E-state index contributed by atoms with van der Waals surface area (Å²) in [5.41, 5.74) is 3.42. The fraction of sp³-hybridized carbons (Fsp3) is 0.292. The van der Waals surface area contributed by atoms with Gasteiger partial charge in [0.25, 0.3) is 0 Å². The first-order valence-corrected chi connectivity index (χ1v) is 9.82. The summed E-state index contributed by atoms with van der Waals surface area (Å²) in [6.45, 7) is 1.77. The number of rotatable bonds is 3. The van der Waals surface area contributed by atoms with E-state index in [0.717, 1.165) is 11.1 Å². The van der Waals surface area contributed by atoms with E-state index in [0.29, 0.717) is 23.4 Å². The molecule has 2 aromatic rings. The van der Waals surface area contributed by atoms with Gasteiger partial charge in [-0.1, -0.05) is 24.3 Å². The van der Waals surface area contributed by atoms with Crippen LogP contribution in [0.15, 0.2) is 64.8 Å². The van der Waals surface area contributed by atoms with Crippen LogP contribution < -0.4 is 0 Å². The van der Waals surface area contributed by atoms with Crippen LogP contribution in [0.3, 0.4) is 0 Å². The summed E-state index contributed by atoms with van der Waals surface area (Å²) in [5.74, 6) is -2.06. The number of hydrogen-bond donors (Lipinski definition) is 1. The molecule has 2 aromatic carbocycles. The zero-order chi connectivity index (χ0) is 21.4. The molecule has 0 fully saturated rings. The number of allylic oxidation sites excluding steroid dienone is 2. The van der Waals surface area contributed by atoms with Gasteiger partial charge in [-0.15, -0.1) is 0 Å². The minimum atomic E-state index is -0.704. The van der Waals surface area contributed by atoms with Gasteiger partial charge >= 0.3 is 5.97 Å². The average molecular weight is 407 g/mol. The van der Waals surface area contributed by atoms with Gasteiger partial charge in [0.15, 0.2) is 5.78 Å². The minimum Gasteiger partial charge on any atom is -0.508 e. The first kappa shape index (κ1) is 20.0. The number of Topliss-reactive ketones (excluding diaryl/α,β-unsaturated/α-hetero) is 1. The summed E-state index contributed by atoms with van der Waals surface area (Å²) in [5, 5.41) is 9.67. The van der Waals surface area contributed by atoms with Crippen LogP contribution in [-0.2, 0) is 14.3 Å². The lowest BCUT2D eigenvalue weighted by Crippen LogP contribution is -2.37. The number of ether oxygens (including phenoxy) is 1. The van der Waals surface area contributed by atoms with E-state index >= 15 is 0 Å². The number of aromatic hydroxyl groups is 1. The third-order valence-electron chi connectivity index (χ3n) is 5.94. The summed E-state index contributed by atoms with van der Waals surface area (Å²) in [6.07, 6.45) is 0.800. The highest BCUT2D eigenvalue weighted by molar-refractivity contribution is 6.09. The van der Waals surface area contributed by atoms with Gasteiger partial charge < -0.3 is 9.84 Å². The number of carbonyl (C=O) groups excluding carboxylic acids is 2. The minimum absolute atomic E-state index is 0.0752. The van der Waals surface area contributed by atoms with Crippen LogP contribution in [0.25, 0.3) is 0 Å². The molecule has 0 saturated heterocycles. The number of nitrogens with zero attached hydrogens (tertiary/aromatic N) is 1. The number of benzene rings is 2. The predicted octanol–water partition coefficient (Wildman–Crippen LogP) is 4.28. The van der Waals surface area contributed by atoms with E-state index in [1.54, 1.807) is 43.3 Å². The van der Waals surface area contributed by atoms with Crippen molar-refractivity contribution in [2.45, 2.75) is 31.6 Å². The Morgan fingerprint density at radius 1 is 1.07 bits per heavy atom. The quantitative estimate of drug-likeness (QED) is 0.771. The molecule has 1 N–H and O–H groups in total. The lowest BCUT2D eigenvalue weighted by atomic mass is 9.69. The number of methoxy groups -OCH3 is 1. The maximum absolute atomic E-state index is 13.3. The highest BCUT2D eigenvalue weighted by Crippen LogP contribution is 2.46. The number of aliphatic imine (C=N–C) groups is 1. The lowest BCUT2D eigenvalue weighted by Gasteiger charge is -2.36. The number of phenolic OH excluding ortho intramolecular Hbond substituents is 1. The van der Waals surface area contributed by atoms with Gasteiger partial charge in [0, 0.05) is 29.3 Å². The Morgan fingerprint density at radius 2 is 1.70 bits per heavy atom. The molecule has 1 aliphatic carbocycles. The first-order valence-electron chi connectivity index (χ1n) is 9.82. The van der Waals surface area contributed by atoms with Crippen LogP contribution in [0, 0.1) is 11.7 Å². The van der Waals surface area contributed by atoms with E-state index in [2.05, 4.69) is 4.99 Å². The normalized spacial score (nSPS) is 23.6. The van der Waals surface area contributed by atoms with Gasteiger partial charge in [0.05, 0.1) is 7.11 Å². The van der Waals surface area contributed by atoms with Crippen LogP contribution >= 0.6 is 0 Å². The molecule has 4 rings (SSSR count). The smallest absolute Gasteiger partial charge is 0.315 e. The molecule has 0 saturated carbocycles. The van der Waals surface area contributed by atoms with Gasteiger partial charge in [0.1, 0.15) is 17.5 Å². The number of phenols is 1. The Morgan fingerprint density at radius 3 is 2.33 bits per heavy atom. The summed E-state index contributed by atoms with van der Waals surface area (Å²) in [6, 6.07) is 12.7. The van der Waals surface area contributed by atoms with Crippen molar-refractivity contribution in [3.05, 3.63) is 76.7 Å². The molecule has 0 radical (unpaired) electrons. The van der Waals surface area contributed by atoms with Crippen molar-refractivity contribution in [1.29, 1.82) is 0 Å². The van der Waals surface area contributed by atoms with Crippen molar-refractivity contribution in [1.82, 2.24) is 0 Å². The van der Waals surface area contributed by atoms with Crippen LogP contribution in [0.1, 0.15) is 42.7 Å². The first-order chi connectivity index (χ1) is 14.4. The monoisotopic (exact) mass is 407 g/mol. The van der Waals surface area contributed by atoms with Crippen LogP contribution in [0.5, 0.6) is 5.75 Å². The molecule has 0 amide bonds. The number of esters is 1. The Hall–Kier alpha value is -3.28. The highest BCUT2D eigenvalue weighted by atomic mass is 19.1. The van der Waals surface area contributed by atoms with E-state index in [4.69, 9.17) is 4.74 Å².